The van der Waals surface area contributed by atoms with Crippen LogP contribution in [0, 0.1) is 11.8 Å². The van der Waals surface area contributed by atoms with Crippen LogP contribution in [0.25, 0.3) is 0 Å². The largest absolute Gasteiger partial charge is 0.478 e. The second-order valence-corrected chi connectivity index (χ2v) is 6.16. The molecular formula is C20H22N2O5. The first kappa shape index (κ1) is 20.2. The van der Waals surface area contributed by atoms with E-state index in [1.165, 1.54) is 25.9 Å². The SMILES string of the molecule is O=C(O)/C=C/C(=O)O.O=C1c2ccccc2CN1CC#CCN1CCCC1. The molecule has 2 heterocycles. The minimum atomic E-state index is -1.26. The number of rotatable bonds is 4. The highest BCUT2D eigenvalue weighted by Crippen LogP contribution is 2.21. The summed E-state index contributed by atoms with van der Waals surface area (Å²) < 4.78 is 0. The lowest BCUT2D eigenvalue weighted by Crippen LogP contribution is -2.24. The van der Waals surface area contributed by atoms with Gasteiger partial charge in [-0.2, -0.15) is 0 Å². The molecule has 2 aliphatic heterocycles. The molecule has 0 aliphatic carbocycles. The third-order valence-electron chi connectivity index (χ3n) is 4.16. The normalized spacial score (nSPS) is 15.7. The standard InChI is InChI=1S/C16H18N2O.C4H4O4/c19-16-15-8-2-1-7-14(15)13-18(16)12-6-5-11-17-9-3-4-10-17;5-3(6)1-2-4(7)8/h1-2,7-8H,3-4,9-13H2;1-2H,(H,5,6)(H,7,8)/b;2-1+. The molecule has 1 aromatic rings. The van der Waals surface area contributed by atoms with Crippen LogP contribution in [0.2, 0.25) is 0 Å². The highest BCUT2D eigenvalue weighted by Gasteiger charge is 2.25. The molecule has 0 unspecified atom stereocenters. The van der Waals surface area contributed by atoms with Gasteiger partial charge in [0.05, 0.1) is 13.1 Å². The van der Waals surface area contributed by atoms with Crippen molar-refractivity contribution in [3.05, 3.63) is 47.5 Å². The van der Waals surface area contributed by atoms with Crippen molar-refractivity contribution < 1.29 is 24.6 Å². The zero-order valence-corrected chi connectivity index (χ0v) is 14.9. The average molecular weight is 370 g/mol. The molecule has 2 N–H and O–H groups in total. The van der Waals surface area contributed by atoms with Crippen LogP contribution in [-0.2, 0) is 16.1 Å². The molecular weight excluding hydrogens is 348 g/mol. The Hall–Kier alpha value is -3.11. The van der Waals surface area contributed by atoms with Gasteiger partial charge in [-0.1, -0.05) is 30.0 Å². The zero-order valence-electron chi connectivity index (χ0n) is 14.9. The van der Waals surface area contributed by atoms with Gasteiger partial charge in [0.25, 0.3) is 5.91 Å². The van der Waals surface area contributed by atoms with Gasteiger partial charge in [0, 0.05) is 24.3 Å². The number of amides is 1. The first-order chi connectivity index (χ1) is 13.0. The summed E-state index contributed by atoms with van der Waals surface area (Å²) in [5.74, 6) is 3.92. The zero-order chi connectivity index (χ0) is 19.6. The molecule has 7 nitrogen and oxygen atoms in total. The van der Waals surface area contributed by atoms with Gasteiger partial charge in [-0.3, -0.25) is 9.69 Å². The van der Waals surface area contributed by atoms with E-state index in [4.69, 9.17) is 10.2 Å². The fraction of sp³-hybridized carbons (Fsp3) is 0.350. The van der Waals surface area contributed by atoms with E-state index in [0.717, 1.165) is 17.7 Å². The van der Waals surface area contributed by atoms with E-state index in [2.05, 4.69) is 16.7 Å². The molecule has 7 heteroatoms. The predicted octanol–water partition coefficient (Wildman–Crippen LogP) is 1.45. The van der Waals surface area contributed by atoms with Crippen LogP contribution in [0.4, 0.5) is 0 Å². The van der Waals surface area contributed by atoms with E-state index < -0.39 is 11.9 Å². The second-order valence-electron chi connectivity index (χ2n) is 6.16. The lowest BCUT2D eigenvalue weighted by Gasteiger charge is -2.11. The molecule has 0 atom stereocenters. The Labute approximate surface area is 157 Å². The Morgan fingerprint density at radius 1 is 1.00 bits per heavy atom. The van der Waals surface area contributed by atoms with Crippen molar-refractivity contribution in [1.29, 1.82) is 0 Å². The summed E-state index contributed by atoms with van der Waals surface area (Å²) in [6, 6.07) is 7.81. The highest BCUT2D eigenvalue weighted by molar-refractivity contribution is 5.98. The van der Waals surface area contributed by atoms with Crippen molar-refractivity contribution in [2.75, 3.05) is 26.2 Å². The van der Waals surface area contributed by atoms with Crippen LogP contribution < -0.4 is 0 Å². The Kier molecular flexibility index (Phi) is 7.59. The van der Waals surface area contributed by atoms with E-state index in [1.54, 1.807) is 0 Å². The van der Waals surface area contributed by atoms with Crippen molar-refractivity contribution in [2.45, 2.75) is 19.4 Å². The Morgan fingerprint density at radius 2 is 1.59 bits per heavy atom. The fourth-order valence-electron chi connectivity index (χ4n) is 2.84. The topological polar surface area (TPSA) is 98.1 Å². The molecule has 0 radical (unpaired) electrons. The summed E-state index contributed by atoms with van der Waals surface area (Å²) in [4.78, 5) is 35.4. The molecule has 0 spiro atoms. The number of fused-ring (bicyclic) bond motifs is 1. The molecule has 0 saturated carbocycles. The summed E-state index contributed by atoms with van der Waals surface area (Å²) in [6.45, 7) is 4.43. The first-order valence-electron chi connectivity index (χ1n) is 8.66. The third-order valence-corrected chi connectivity index (χ3v) is 4.16. The van der Waals surface area contributed by atoms with Gasteiger partial charge < -0.3 is 15.1 Å². The predicted molar refractivity (Wildman–Crippen MR) is 99.0 cm³/mol. The van der Waals surface area contributed by atoms with Gasteiger partial charge in [0.15, 0.2) is 0 Å². The van der Waals surface area contributed by atoms with Gasteiger partial charge in [-0.05, 0) is 37.6 Å². The number of aliphatic carboxylic acids is 2. The van der Waals surface area contributed by atoms with Crippen LogP contribution >= 0.6 is 0 Å². The molecule has 1 saturated heterocycles. The van der Waals surface area contributed by atoms with Crippen molar-refractivity contribution in [3.63, 3.8) is 0 Å². The lowest BCUT2D eigenvalue weighted by molar-refractivity contribution is -0.134. The molecule has 2 aliphatic rings. The summed E-state index contributed by atoms with van der Waals surface area (Å²) in [5, 5.41) is 15.6. The van der Waals surface area contributed by atoms with Gasteiger partial charge >= 0.3 is 11.9 Å². The van der Waals surface area contributed by atoms with Crippen molar-refractivity contribution in [3.8, 4) is 11.8 Å². The number of hydrogen-bond acceptors (Lipinski definition) is 4. The minimum Gasteiger partial charge on any atom is -0.478 e. The van der Waals surface area contributed by atoms with Gasteiger partial charge in [-0.15, -0.1) is 0 Å². The van der Waals surface area contributed by atoms with Crippen LogP contribution in [-0.4, -0.2) is 64.0 Å². The average Bonchev–Trinajstić information content (AvgIpc) is 3.26. The number of carbonyl (C=O) groups excluding carboxylic acids is 1. The van der Waals surface area contributed by atoms with E-state index in [-0.39, 0.29) is 5.91 Å². The number of likely N-dealkylation sites (tertiary alicyclic amines) is 1. The lowest BCUT2D eigenvalue weighted by atomic mass is 10.1. The molecule has 1 fully saturated rings. The molecule has 27 heavy (non-hydrogen) atoms. The monoisotopic (exact) mass is 370 g/mol. The number of benzene rings is 1. The molecule has 0 aromatic heterocycles. The number of carboxylic acids is 2. The van der Waals surface area contributed by atoms with Crippen LogP contribution in [0.1, 0.15) is 28.8 Å². The third kappa shape index (κ3) is 6.60. The van der Waals surface area contributed by atoms with Gasteiger partial charge in [0.2, 0.25) is 0 Å². The molecule has 3 rings (SSSR count). The van der Waals surface area contributed by atoms with Crippen molar-refractivity contribution >= 4 is 17.8 Å². The van der Waals surface area contributed by atoms with Crippen molar-refractivity contribution in [2.24, 2.45) is 0 Å². The maximum atomic E-state index is 12.1. The van der Waals surface area contributed by atoms with Gasteiger partial charge in [-0.25, -0.2) is 9.59 Å². The quantitative estimate of drug-likeness (QED) is 0.615. The van der Waals surface area contributed by atoms with Crippen molar-refractivity contribution in [1.82, 2.24) is 9.80 Å². The van der Waals surface area contributed by atoms with Crippen LogP contribution in [0.5, 0.6) is 0 Å². The number of nitrogens with zero attached hydrogens (tertiary/aromatic N) is 2. The highest BCUT2D eigenvalue weighted by atomic mass is 16.4. The summed E-state index contributed by atoms with van der Waals surface area (Å²) in [7, 11) is 0. The fourth-order valence-corrected chi connectivity index (χ4v) is 2.84. The number of carboxylic acid groups (broad SMARTS) is 2. The van der Waals surface area contributed by atoms with Crippen LogP contribution in [0.3, 0.4) is 0 Å². The van der Waals surface area contributed by atoms with E-state index in [0.29, 0.717) is 25.2 Å². The maximum Gasteiger partial charge on any atom is 0.328 e. The van der Waals surface area contributed by atoms with E-state index in [1.807, 2.05) is 29.2 Å². The number of carbonyl (C=O) groups is 3. The number of hydrogen-bond donors (Lipinski definition) is 2. The Balaban J connectivity index is 0.000000279. The van der Waals surface area contributed by atoms with Gasteiger partial charge in [0.1, 0.15) is 0 Å². The molecule has 1 aromatic carbocycles. The van der Waals surface area contributed by atoms with E-state index >= 15 is 0 Å². The molecule has 1 amide bonds. The second kappa shape index (κ2) is 10.1. The summed E-state index contributed by atoms with van der Waals surface area (Å²) in [5.41, 5.74) is 1.96. The Morgan fingerprint density at radius 3 is 2.19 bits per heavy atom. The summed E-state index contributed by atoms with van der Waals surface area (Å²) >= 11 is 0. The molecule has 142 valence electrons. The Bertz CT molecular complexity index is 769. The summed E-state index contributed by atoms with van der Waals surface area (Å²) in [6.07, 6.45) is 3.70. The van der Waals surface area contributed by atoms with Crippen LogP contribution in [0.15, 0.2) is 36.4 Å². The first-order valence-corrected chi connectivity index (χ1v) is 8.66. The minimum absolute atomic E-state index is 0.117. The maximum absolute atomic E-state index is 12.1. The smallest absolute Gasteiger partial charge is 0.328 e. The molecule has 0 bridgehead atoms. The van der Waals surface area contributed by atoms with E-state index in [9.17, 15) is 14.4 Å².